The number of hydrogen-bond donors (Lipinski definition) is 3. The van der Waals surface area contributed by atoms with E-state index in [2.05, 4.69) is 10.6 Å². The Bertz CT molecular complexity index is 599. The quantitative estimate of drug-likeness (QED) is 0.784. The van der Waals surface area contributed by atoms with Crippen molar-refractivity contribution < 1.29 is 9.90 Å². The van der Waals surface area contributed by atoms with Crippen molar-refractivity contribution in [1.29, 1.82) is 0 Å². The van der Waals surface area contributed by atoms with Gasteiger partial charge in [0.25, 0.3) is 0 Å². The molecule has 2 aromatic carbocycles. The number of aliphatic hydroxyl groups excluding tert-OH is 1. The normalized spacial score (nSPS) is 10.2. The van der Waals surface area contributed by atoms with Gasteiger partial charge in [0, 0.05) is 23.0 Å². The molecule has 0 aliphatic heterocycles. The molecule has 2 amide bonds. The van der Waals surface area contributed by atoms with Gasteiger partial charge >= 0.3 is 6.03 Å². The van der Waals surface area contributed by atoms with Crippen LogP contribution in [0.15, 0.2) is 48.5 Å². The maximum Gasteiger partial charge on any atom is 0.323 e. The van der Waals surface area contributed by atoms with E-state index in [9.17, 15) is 4.79 Å². The number of carbonyl (C=O) groups excluding carboxylic acids is 1. The van der Waals surface area contributed by atoms with Gasteiger partial charge in [-0.05, 0) is 54.8 Å². The molecule has 0 saturated heterocycles. The van der Waals surface area contributed by atoms with Crippen LogP contribution in [0.2, 0.25) is 5.02 Å². The number of anilines is 2. The minimum Gasteiger partial charge on any atom is -0.396 e. The van der Waals surface area contributed by atoms with Crippen molar-refractivity contribution in [3.63, 3.8) is 0 Å². The van der Waals surface area contributed by atoms with Gasteiger partial charge in [-0.2, -0.15) is 0 Å². The summed E-state index contributed by atoms with van der Waals surface area (Å²) in [5, 5.41) is 15.0. The van der Waals surface area contributed by atoms with Gasteiger partial charge in [-0.15, -0.1) is 0 Å². The second-order valence-electron chi connectivity index (χ2n) is 4.61. The summed E-state index contributed by atoms with van der Waals surface area (Å²) in [6.07, 6.45) is 1.49. The molecule has 21 heavy (non-hydrogen) atoms. The molecule has 0 spiro atoms. The number of urea groups is 1. The smallest absolute Gasteiger partial charge is 0.323 e. The minimum absolute atomic E-state index is 0.161. The molecular formula is C16H17ClN2O2. The first-order chi connectivity index (χ1) is 10.2. The van der Waals surface area contributed by atoms with E-state index in [1.54, 1.807) is 24.3 Å². The number of hydrogen-bond acceptors (Lipinski definition) is 2. The second-order valence-corrected chi connectivity index (χ2v) is 5.05. The second kappa shape index (κ2) is 7.67. The summed E-state index contributed by atoms with van der Waals surface area (Å²) in [7, 11) is 0. The number of aliphatic hydroxyl groups is 1. The third-order valence-corrected chi connectivity index (χ3v) is 3.16. The summed E-state index contributed by atoms with van der Waals surface area (Å²) in [6.45, 7) is 0.161. The number of rotatable bonds is 5. The molecule has 2 rings (SSSR count). The summed E-state index contributed by atoms with van der Waals surface area (Å²) in [6, 6.07) is 14.2. The maximum absolute atomic E-state index is 11.9. The lowest BCUT2D eigenvalue weighted by Crippen LogP contribution is -2.19. The van der Waals surface area contributed by atoms with Gasteiger partial charge in [0.15, 0.2) is 0 Å². The molecule has 5 heteroatoms. The van der Waals surface area contributed by atoms with E-state index in [0.29, 0.717) is 17.1 Å². The fraction of sp³-hybridized carbons (Fsp3) is 0.188. The van der Waals surface area contributed by atoms with Gasteiger partial charge in [0.05, 0.1) is 0 Å². The molecule has 0 unspecified atom stereocenters. The molecule has 0 radical (unpaired) electrons. The zero-order valence-electron chi connectivity index (χ0n) is 11.5. The lowest BCUT2D eigenvalue weighted by atomic mass is 10.1. The van der Waals surface area contributed by atoms with Crippen LogP contribution < -0.4 is 10.6 Å². The molecule has 0 aliphatic carbocycles. The number of amides is 2. The fourth-order valence-corrected chi connectivity index (χ4v) is 2.04. The van der Waals surface area contributed by atoms with Crippen molar-refractivity contribution in [3.8, 4) is 0 Å². The van der Waals surface area contributed by atoms with Crippen LogP contribution >= 0.6 is 11.6 Å². The van der Waals surface area contributed by atoms with Crippen LogP contribution in [0.3, 0.4) is 0 Å². The lowest BCUT2D eigenvalue weighted by molar-refractivity contribution is 0.262. The molecule has 0 saturated carbocycles. The largest absolute Gasteiger partial charge is 0.396 e. The predicted octanol–water partition coefficient (Wildman–Crippen LogP) is 3.91. The summed E-state index contributed by atoms with van der Waals surface area (Å²) >= 11 is 5.79. The Hall–Kier alpha value is -2.04. The van der Waals surface area contributed by atoms with Crippen LogP contribution in [-0.2, 0) is 6.42 Å². The van der Waals surface area contributed by atoms with Crippen molar-refractivity contribution in [2.75, 3.05) is 17.2 Å². The van der Waals surface area contributed by atoms with Crippen LogP contribution in [-0.4, -0.2) is 17.7 Å². The highest BCUT2D eigenvalue weighted by Gasteiger charge is 2.03. The van der Waals surface area contributed by atoms with E-state index in [0.717, 1.165) is 17.7 Å². The van der Waals surface area contributed by atoms with Gasteiger partial charge in [-0.1, -0.05) is 23.7 Å². The van der Waals surface area contributed by atoms with Gasteiger partial charge in [0.2, 0.25) is 0 Å². The zero-order valence-corrected chi connectivity index (χ0v) is 12.2. The number of benzene rings is 2. The van der Waals surface area contributed by atoms with Crippen molar-refractivity contribution in [2.45, 2.75) is 12.8 Å². The van der Waals surface area contributed by atoms with Crippen molar-refractivity contribution in [2.24, 2.45) is 0 Å². The van der Waals surface area contributed by atoms with Crippen molar-refractivity contribution in [1.82, 2.24) is 0 Å². The summed E-state index contributed by atoms with van der Waals surface area (Å²) in [4.78, 5) is 11.9. The molecule has 110 valence electrons. The average molecular weight is 305 g/mol. The average Bonchev–Trinajstić information content (AvgIpc) is 2.48. The van der Waals surface area contributed by atoms with E-state index in [1.807, 2.05) is 24.3 Å². The van der Waals surface area contributed by atoms with Gasteiger partial charge in [-0.3, -0.25) is 0 Å². The van der Waals surface area contributed by atoms with Crippen molar-refractivity contribution >= 4 is 29.0 Å². The van der Waals surface area contributed by atoms with Crippen molar-refractivity contribution in [3.05, 3.63) is 59.1 Å². The summed E-state index contributed by atoms with van der Waals surface area (Å²) in [5.74, 6) is 0. The number of aryl methyl sites for hydroxylation is 1. The first-order valence-corrected chi connectivity index (χ1v) is 7.08. The third-order valence-electron chi connectivity index (χ3n) is 2.91. The predicted molar refractivity (Wildman–Crippen MR) is 85.9 cm³/mol. The minimum atomic E-state index is -0.309. The van der Waals surface area contributed by atoms with Crippen LogP contribution in [0.1, 0.15) is 12.0 Å². The molecule has 3 N–H and O–H groups in total. The van der Waals surface area contributed by atoms with Crippen LogP contribution in [0.4, 0.5) is 16.2 Å². The topological polar surface area (TPSA) is 61.4 Å². The molecule has 0 atom stereocenters. The molecular weight excluding hydrogens is 288 g/mol. The highest BCUT2D eigenvalue weighted by atomic mass is 35.5. The molecule has 0 aliphatic rings. The first kappa shape index (κ1) is 15.4. The van der Waals surface area contributed by atoms with Crippen LogP contribution in [0.25, 0.3) is 0 Å². The number of halogens is 1. The van der Waals surface area contributed by atoms with E-state index in [4.69, 9.17) is 16.7 Å². The fourth-order valence-electron chi connectivity index (χ4n) is 1.91. The van der Waals surface area contributed by atoms with E-state index >= 15 is 0 Å². The Morgan fingerprint density at radius 1 is 1.05 bits per heavy atom. The summed E-state index contributed by atoms with van der Waals surface area (Å²) in [5.41, 5.74) is 2.47. The van der Waals surface area contributed by atoms with E-state index in [1.165, 1.54) is 0 Å². The van der Waals surface area contributed by atoms with Crippen LogP contribution in [0.5, 0.6) is 0 Å². The molecule has 0 fully saturated rings. The maximum atomic E-state index is 11.9. The molecule has 4 nitrogen and oxygen atoms in total. The number of nitrogens with one attached hydrogen (secondary N) is 2. The Morgan fingerprint density at radius 2 is 1.76 bits per heavy atom. The molecule has 0 bridgehead atoms. The molecule has 0 heterocycles. The highest BCUT2D eigenvalue weighted by Crippen LogP contribution is 2.15. The van der Waals surface area contributed by atoms with E-state index < -0.39 is 0 Å². The molecule has 2 aromatic rings. The third kappa shape index (κ3) is 5.10. The van der Waals surface area contributed by atoms with Crippen LogP contribution in [0, 0.1) is 0 Å². The zero-order chi connectivity index (χ0) is 15.1. The van der Waals surface area contributed by atoms with Gasteiger partial charge in [-0.25, -0.2) is 4.79 Å². The highest BCUT2D eigenvalue weighted by molar-refractivity contribution is 6.30. The molecule has 0 aromatic heterocycles. The Kier molecular flexibility index (Phi) is 5.60. The number of carbonyl (C=O) groups is 1. The first-order valence-electron chi connectivity index (χ1n) is 6.71. The van der Waals surface area contributed by atoms with Gasteiger partial charge < -0.3 is 15.7 Å². The lowest BCUT2D eigenvalue weighted by Gasteiger charge is -2.09. The van der Waals surface area contributed by atoms with Gasteiger partial charge in [0.1, 0.15) is 0 Å². The Labute approximate surface area is 128 Å². The van der Waals surface area contributed by atoms with E-state index in [-0.39, 0.29) is 12.6 Å². The summed E-state index contributed by atoms with van der Waals surface area (Å²) < 4.78 is 0. The monoisotopic (exact) mass is 304 g/mol. The Morgan fingerprint density at radius 3 is 2.48 bits per heavy atom. The standard InChI is InChI=1S/C16H17ClN2O2/c17-13-6-8-14(9-7-13)18-16(21)19-15-5-1-3-12(11-15)4-2-10-20/h1,3,5-9,11,20H,2,4,10H2,(H2,18,19,21). The SMILES string of the molecule is O=C(Nc1ccc(Cl)cc1)Nc1cccc(CCCO)c1. The Balaban J connectivity index is 1.94.